The molecule has 0 aromatic heterocycles. The monoisotopic (exact) mass is 248 g/mol. The molecule has 1 aliphatic rings. The Labute approximate surface area is 108 Å². The lowest BCUT2D eigenvalue weighted by Crippen LogP contribution is -2.51. The molecule has 1 aliphatic heterocycles. The van der Waals surface area contributed by atoms with E-state index < -0.39 is 0 Å². The molecule has 1 heterocycles. The van der Waals surface area contributed by atoms with E-state index >= 15 is 0 Å². The van der Waals surface area contributed by atoms with Gasteiger partial charge in [-0.3, -0.25) is 4.79 Å². The van der Waals surface area contributed by atoms with Crippen molar-refractivity contribution in [2.75, 3.05) is 32.1 Å². The van der Waals surface area contributed by atoms with E-state index in [1.807, 2.05) is 33.0 Å². The summed E-state index contributed by atoms with van der Waals surface area (Å²) in [6.45, 7) is 5.62. The van der Waals surface area contributed by atoms with Crippen LogP contribution in [0.5, 0.6) is 5.75 Å². The normalized spacial score (nSPS) is 15.1. The molecule has 18 heavy (non-hydrogen) atoms. The highest BCUT2D eigenvalue weighted by molar-refractivity contribution is 5.96. The summed E-state index contributed by atoms with van der Waals surface area (Å²) in [5, 5.41) is 3.13. The van der Waals surface area contributed by atoms with Crippen LogP contribution in [0.25, 0.3) is 0 Å². The number of carbonyl (C=O) groups excluding carboxylic acids is 1. The first-order valence-corrected chi connectivity index (χ1v) is 6.18. The van der Waals surface area contributed by atoms with Gasteiger partial charge in [0, 0.05) is 25.8 Å². The second kappa shape index (κ2) is 4.98. The number of rotatable bonds is 3. The van der Waals surface area contributed by atoms with E-state index in [4.69, 9.17) is 4.74 Å². The minimum absolute atomic E-state index is 0.122. The first-order chi connectivity index (χ1) is 8.56. The van der Waals surface area contributed by atoms with Crippen LogP contribution in [0.4, 0.5) is 5.69 Å². The maximum atomic E-state index is 12.2. The molecule has 1 saturated heterocycles. The van der Waals surface area contributed by atoms with Crippen molar-refractivity contribution in [3.63, 3.8) is 0 Å². The van der Waals surface area contributed by atoms with Crippen LogP contribution >= 0.6 is 0 Å². The average molecular weight is 248 g/mol. The molecule has 1 aromatic carbocycles. The number of amides is 1. The number of anilines is 1. The van der Waals surface area contributed by atoms with Crippen LogP contribution in [0.2, 0.25) is 0 Å². The summed E-state index contributed by atoms with van der Waals surface area (Å²) in [5.74, 6) is 1.17. The molecular formula is C14H20N2O2. The summed E-state index contributed by atoms with van der Waals surface area (Å²) >= 11 is 0. The number of benzene rings is 1. The number of carbonyl (C=O) groups is 1. The van der Waals surface area contributed by atoms with E-state index in [0.717, 1.165) is 35.7 Å². The summed E-state index contributed by atoms with van der Waals surface area (Å²) in [7, 11) is 3.51. The average Bonchev–Trinajstić information content (AvgIpc) is 2.29. The van der Waals surface area contributed by atoms with E-state index in [1.54, 1.807) is 12.0 Å². The molecule has 1 amide bonds. The van der Waals surface area contributed by atoms with Crippen LogP contribution in [0.1, 0.15) is 11.1 Å². The summed E-state index contributed by atoms with van der Waals surface area (Å²) in [6, 6.07) is 3.87. The molecule has 0 saturated carbocycles. The Morgan fingerprint density at radius 2 is 2.00 bits per heavy atom. The van der Waals surface area contributed by atoms with Gasteiger partial charge in [0.2, 0.25) is 5.91 Å². The van der Waals surface area contributed by atoms with E-state index in [9.17, 15) is 4.79 Å². The highest BCUT2D eigenvalue weighted by Gasteiger charge is 2.28. The molecule has 0 bridgehead atoms. The summed E-state index contributed by atoms with van der Waals surface area (Å²) in [5.41, 5.74) is 3.14. The van der Waals surface area contributed by atoms with E-state index in [1.165, 1.54) is 0 Å². The van der Waals surface area contributed by atoms with Gasteiger partial charge in [-0.25, -0.2) is 0 Å². The van der Waals surface area contributed by atoms with Crippen molar-refractivity contribution in [1.29, 1.82) is 0 Å². The molecule has 1 fully saturated rings. The highest BCUT2D eigenvalue weighted by Crippen LogP contribution is 2.30. The van der Waals surface area contributed by atoms with Crippen LogP contribution < -0.4 is 15.0 Å². The Morgan fingerprint density at radius 3 is 2.50 bits per heavy atom. The largest absolute Gasteiger partial charge is 0.496 e. The summed E-state index contributed by atoms with van der Waals surface area (Å²) in [4.78, 5) is 14.0. The van der Waals surface area contributed by atoms with Crippen molar-refractivity contribution in [1.82, 2.24) is 5.32 Å². The molecule has 1 N–H and O–H groups in total. The predicted molar refractivity (Wildman–Crippen MR) is 72.2 cm³/mol. The van der Waals surface area contributed by atoms with E-state index in [2.05, 4.69) is 5.32 Å². The first kappa shape index (κ1) is 12.9. The van der Waals surface area contributed by atoms with Gasteiger partial charge in [0.15, 0.2) is 0 Å². The minimum atomic E-state index is 0.122. The number of hydrogen-bond donors (Lipinski definition) is 1. The lowest BCUT2D eigenvalue weighted by molar-refractivity contribution is -0.123. The SMILES string of the molecule is COc1ccc(N(C)C(=O)C2CNC2)c(C)c1C. The second-order valence-corrected chi connectivity index (χ2v) is 4.79. The fourth-order valence-electron chi connectivity index (χ4n) is 2.22. The second-order valence-electron chi connectivity index (χ2n) is 4.79. The van der Waals surface area contributed by atoms with Gasteiger partial charge in [0.1, 0.15) is 5.75 Å². The molecule has 0 atom stereocenters. The molecule has 0 radical (unpaired) electrons. The minimum Gasteiger partial charge on any atom is -0.496 e. The van der Waals surface area contributed by atoms with Gasteiger partial charge in [-0.2, -0.15) is 0 Å². The third-order valence-corrected chi connectivity index (χ3v) is 3.75. The smallest absolute Gasteiger partial charge is 0.232 e. The zero-order valence-corrected chi connectivity index (χ0v) is 11.4. The van der Waals surface area contributed by atoms with Crippen molar-refractivity contribution in [2.24, 2.45) is 5.92 Å². The number of ether oxygens (including phenoxy) is 1. The van der Waals surface area contributed by atoms with Crippen molar-refractivity contribution < 1.29 is 9.53 Å². The van der Waals surface area contributed by atoms with Crippen LogP contribution in [0.3, 0.4) is 0 Å². The Bertz CT molecular complexity index is 467. The van der Waals surface area contributed by atoms with Crippen LogP contribution in [0, 0.1) is 19.8 Å². The van der Waals surface area contributed by atoms with Crippen LogP contribution in [-0.2, 0) is 4.79 Å². The molecule has 0 aliphatic carbocycles. The third kappa shape index (κ3) is 2.08. The molecule has 0 unspecified atom stereocenters. The molecule has 1 aromatic rings. The molecular weight excluding hydrogens is 228 g/mol. The number of methoxy groups -OCH3 is 1. The van der Waals surface area contributed by atoms with Gasteiger partial charge in [-0.15, -0.1) is 0 Å². The van der Waals surface area contributed by atoms with Crippen molar-refractivity contribution in [3.05, 3.63) is 23.3 Å². The molecule has 2 rings (SSSR count). The topological polar surface area (TPSA) is 41.6 Å². The highest BCUT2D eigenvalue weighted by atomic mass is 16.5. The van der Waals surface area contributed by atoms with Gasteiger partial charge in [0.05, 0.1) is 13.0 Å². The van der Waals surface area contributed by atoms with E-state index in [-0.39, 0.29) is 11.8 Å². The maximum absolute atomic E-state index is 12.2. The molecule has 98 valence electrons. The lowest BCUT2D eigenvalue weighted by Gasteiger charge is -2.31. The fourth-order valence-corrected chi connectivity index (χ4v) is 2.22. The van der Waals surface area contributed by atoms with Gasteiger partial charge in [-0.05, 0) is 37.1 Å². The predicted octanol–water partition coefficient (Wildman–Crippen LogP) is 1.49. The third-order valence-electron chi connectivity index (χ3n) is 3.75. The summed E-state index contributed by atoms with van der Waals surface area (Å²) < 4.78 is 5.29. The fraction of sp³-hybridized carbons (Fsp3) is 0.500. The van der Waals surface area contributed by atoms with Gasteiger partial charge in [0.25, 0.3) is 0 Å². The number of nitrogens with zero attached hydrogens (tertiary/aromatic N) is 1. The zero-order valence-electron chi connectivity index (χ0n) is 11.4. The Balaban J connectivity index is 2.27. The molecule has 4 heteroatoms. The molecule has 0 spiro atoms. The van der Waals surface area contributed by atoms with Crippen molar-refractivity contribution >= 4 is 11.6 Å². The van der Waals surface area contributed by atoms with Crippen molar-refractivity contribution in [3.8, 4) is 5.75 Å². The standard InChI is InChI=1S/C14H20N2O2/c1-9-10(2)13(18-4)6-5-12(9)16(3)14(17)11-7-15-8-11/h5-6,11,15H,7-8H2,1-4H3. The first-order valence-electron chi connectivity index (χ1n) is 6.18. The lowest BCUT2D eigenvalue weighted by atomic mass is 10.00. The van der Waals surface area contributed by atoms with Gasteiger partial charge in [-0.1, -0.05) is 0 Å². The van der Waals surface area contributed by atoms with Crippen LogP contribution in [0.15, 0.2) is 12.1 Å². The number of hydrogen-bond acceptors (Lipinski definition) is 3. The Kier molecular flexibility index (Phi) is 3.57. The number of nitrogens with one attached hydrogen (secondary N) is 1. The maximum Gasteiger partial charge on any atom is 0.232 e. The van der Waals surface area contributed by atoms with Crippen molar-refractivity contribution in [2.45, 2.75) is 13.8 Å². The summed E-state index contributed by atoms with van der Waals surface area (Å²) in [6.07, 6.45) is 0. The Hall–Kier alpha value is -1.55. The van der Waals surface area contributed by atoms with Crippen LogP contribution in [-0.4, -0.2) is 33.2 Å². The van der Waals surface area contributed by atoms with E-state index in [0.29, 0.717) is 0 Å². The van der Waals surface area contributed by atoms with Gasteiger partial charge >= 0.3 is 0 Å². The quantitative estimate of drug-likeness (QED) is 0.881. The molecule has 4 nitrogen and oxygen atoms in total. The zero-order chi connectivity index (χ0) is 13.3. The Morgan fingerprint density at radius 1 is 1.33 bits per heavy atom. The van der Waals surface area contributed by atoms with Gasteiger partial charge < -0.3 is 15.0 Å².